The molecule has 6 atom stereocenters. The van der Waals surface area contributed by atoms with Crippen molar-refractivity contribution in [1.29, 1.82) is 0 Å². The molecule has 8 nitrogen and oxygen atoms in total. The van der Waals surface area contributed by atoms with E-state index in [9.17, 15) is 24.3 Å². The average molecular weight is 674 g/mol. The molecule has 0 spiro atoms. The Bertz CT molecular complexity index is 2290. The Morgan fingerprint density at radius 3 is 2.00 bits per heavy atom. The summed E-state index contributed by atoms with van der Waals surface area (Å²) in [4.78, 5) is 60.5. The number of hydrogen-bond acceptors (Lipinski definition) is 6. The highest BCUT2D eigenvalue weighted by Gasteiger charge is 2.67. The number of imide groups is 2. The summed E-state index contributed by atoms with van der Waals surface area (Å²) in [6.45, 7) is 1.88. The molecule has 4 aliphatic rings. The molecule has 2 aliphatic heterocycles. The summed E-state index contributed by atoms with van der Waals surface area (Å²) in [5.74, 6) is -3.98. The van der Waals surface area contributed by atoms with Gasteiger partial charge in [-0.3, -0.25) is 24.1 Å². The predicted molar refractivity (Wildman–Crippen MR) is 195 cm³/mol. The standard InChI is InChI=1S/C43H35N3O5/c1-43-35(40(49)46(42(43)51)27-12-6-3-7-13-27)24-34-32(38(43)31-22-23-36(47)30-15-9-8-14-29(30)31)20-21-33-37(34)41(50)45(39(33)48)28-18-16-26(17-19-28)44-25-10-4-2-5-11-25/h2-20,22-23,33-35,37-38,44,47H,21,24H2,1H3/t33-,34+,35-,37-,38-,43+/m0/s1. The Morgan fingerprint density at radius 2 is 1.27 bits per heavy atom. The molecule has 5 aromatic carbocycles. The van der Waals surface area contributed by atoms with E-state index in [4.69, 9.17) is 0 Å². The third kappa shape index (κ3) is 4.52. The van der Waals surface area contributed by atoms with Crippen LogP contribution in [0.2, 0.25) is 0 Å². The van der Waals surface area contributed by atoms with E-state index in [2.05, 4.69) is 11.4 Å². The van der Waals surface area contributed by atoms with Crippen molar-refractivity contribution in [3.8, 4) is 5.75 Å². The first-order valence-corrected chi connectivity index (χ1v) is 17.4. The number of hydrogen-bond donors (Lipinski definition) is 2. The van der Waals surface area contributed by atoms with Crippen LogP contribution in [-0.4, -0.2) is 28.7 Å². The lowest BCUT2D eigenvalue weighted by atomic mass is 9.51. The third-order valence-corrected chi connectivity index (χ3v) is 11.7. The monoisotopic (exact) mass is 673 g/mol. The summed E-state index contributed by atoms with van der Waals surface area (Å²) < 4.78 is 0. The average Bonchev–Trinajstić information content (AvgIpc) is 3.52. The van der Waals surface area contributed by atoms with Gasteiger partial charge in [0.15, 0.2) is 0 Å². The molecule has 8 heteroatoms. The molecule has 2 saturated heterocycles. The number of benzene rings is 5. The first-order valence-electron chi connectivity index (χ1n) is 17.4. The van der Waals surface area contributed by atoms with Gasteiger partial charge in [-0.1, -0.05) is 78.4 Å². The highest BCUT2D eigenvalue weighted by atomic mass is 16.3. The van der Waals surface area contributed by atoms with Crippen molar-refractivity contribution in [2.45, 2.75) is 25.7 Å². The number of carbonyl (C=O) groups excluding carboxylic acids is 4. The number of nitrogens with one attached hydrogen (secondary N) is 1. The Kier molecular flexibility index (Phi) is 7.00. The fraction of sp³-hybridized carbons (Fsp3) is 0.209. The summed E-state index contributed by atoms with van der Waals surface area (Å²) in [7, 11) is 0. The van der Waals surface area contributed by atoms with Gasteiger partial charge in [0.1, 0.15) is 5.75 Å². The number of phenolic OH excluding ortho intramolecular Hbond substituents is 1. The highest BCUT2D eigenvalue weighted by molar-refractivity contribution is 6.25. The molecule has 3 fully saturated rings. The molecule has 51 heavy (non-hydrogen) atoms. The number of fused-ring (bicyclic) bond motifs is 5. The van der Waals surface area contributed by atoms with E-state index in [-0.39, 0.29) is 35.8 Å². The molecule has 0 unspecified atom stereocenters. The van der Waals surface area contributed by atoms with E-state index in [1.807, 2.05) is 85.8 Å². The van der Waals surface area contributed by atoms with E-state index < -0.39 is 35.0 Å². The fourth-order valence-electron chi connectivity index (χ4n) is 9.38. The van der Waals surface area contributed by atoms with E-state index in [0.717, 1.165) is 27.9 Å². The maximum absolute atomic E-state index is 14.8. The van der Waals surface area contributed by atoms with Crippen molar-refractivity contribution in [3.63, 3.8) is 0 Å². The summed E-state index contributed by atoms with van der Waals surface area (Å²) in [5.41, 5.74) is 3.32. The highest BCUT2D eigenvalue weighted by Crippen LogP contribution is 2.64. The molecule has 252 valence electrons. The van der Waals surface area contributed by atoms with Gasteiger partial charge in [-0.15, -0.1) is 0 Å². The third-order valence-electron chi connectivity index (χ3n) is 11.7. The first-order chi connectivity index (χ1) is 24.8. The van der Waals surface area contributed by atoms with E-state index in [1.165, 1.54) is 9.80 Å². The van der Waals surface area contributed by atoms with Gasteiger partial charge in [0.2, 0.25) is 23.6 Å². The van der Waals surface area contributed by atoms with Gasteiger partial charge in [0.05, 0.1) is 34.5 Å². The minimum Gasteiger partial charge on any atom is -0.507 e. The molecule has 2 N–H and O–H groups in total. The van der Waals surface area contributed by atoms with Gasteiger partial charge < -0.3 is 10.4 Å². The van der Waals surface area contributed by atoms with Crippen LogP contribution in [0, 0.1) is 29.1 Å². The fourth-order valence-corrected chi connectivity index (χ4v) is 9.38. The Hall–Kier alpha value is -6.02. The zero-order chi connectivity index (χ0) is 35.0. The summed E-state index contributed by atoms with van der Waals surface area (Å²) >= 11 is 0. The van der Waals surface area contributed by atoms with E-state index in [0.29, 0.717) is 23.2 Å². The van der Waals surface area contributed by atoms with Crippen molar-refractivity contribution >= 4 is 57.2 Å². The minimum absolute atomic E-state index is 0.123. The van der Waals surface area contributed by atoms with Crippen molar-refractivity contribution < 1.29 is 24.3 Å². The largest absolute Gasteiger partial charge is 0.507 e. The Balaban J connectivity index is 1.14. The van der Waals surface area contributed by atoms with E-state index >= 15 is 0 Å². The van der Waals surface area contributed by atoms with Gasteiger partial charge in [0.25, 0.3) is 0 Å². The van der Waals surface area contributed by atoms with Crippen molar-refractivity contribution in [2.75, 3.05) is 15.1 Å². The second kappa shape index (κ2) is 11.5. The predicted octanol–water partition coefficient (Wildman–Crippen LogP) is 7.72. The second-order valence-electron chi connectivity index (χ2n) is 14.3. The van der Waals surface area contributed by atoms with Gasteiger partial charge in [-0.25, -0.2) is 4.90 Å². The van der Waals surface area contributed by atoms with Crippen LogP contribution in [0.1, 0.15) is 31.2 Å². The number of carbonyl (C=O) groups is 4. The minimum atomic E-state index is -1.17. The molecule has 1 saturated carbocycles. The van der Waals surface area contributed by atoms with Gasteiger partial charge in [0, 0.05) is 22.7 Å². The quantitative estimate of drug-likeness (QED) is 0.146. The maximum atomic E-state index is 14.8. The number of anilines is 4. The van der Waals surface area contributed by atoms with Gasteiger partial charge in [-0.05, 0) is 91.2 Å². The van der Waals surface area contributed by atoms with Crippen molar-refractivity contribution in [1.82, 2.24) is 0 Å². The molecule has 5 aromatic rings. The Labute approximate surface area is 295 Å². The zero-order valence-electron chi connectivity index (χ0n) is 27.9. The number of aromatic hydroxyl groups is 1. The van der Waals surface area contributed by atoms with Crippen LogP contribution < -0.4 is 15.1 Å². The molecule has 4 amide bonds. The molecule has 0 bridgehead atoms. The van der Waals surface area contributed by atoms with Gasteiger partial charge in [-0.2, -0.15) is 0 Å². The van der Waals surface area contributed by atoms with Crippen LogP contribution in [0.15, 0.2) is 133 Å². The summed E-state index contributed by atoms with van der Waals surface area (Å²) in [5, 5.41) is 15.6. The summed E-state index contributed by atoms with van der Waals surface area (Å²) in [6, 6.07) is 37.0. The van der Waals surface area contributed by atoms with Crippen LogP contribution >= 0.6 is 0 Å². The second-order valence-corrected chi connectivity index (χ2v) is 14.3. The topological polar surface area (TPSA) is 107 Å². The normalized spacial score (nSPS) is 26.9. The van der Waals surface area contributed by atoms with Crippen LogP contribution in [0.25, 0.3) is 10.8 Å². The molecule has 0 radical (unpaired) electrons. The SMILES string of the molecule is C[C@@]12C(=O)N(c3ccccc3)C(=O)[C@@H]1C[C@@H]1C(=CC[C@@H]3C(=O)N(c4ccc(Nc5ccccc5)cc4)C(=O)[C@@H]31)[C@@H]2c1ccc(O)c2ccccc12. The van der Waals surface area contributed by atoms with Crippen LogP contribution in [-0.2, 0) is 19.2 Å². The van der Waals surface area contributed by atoms with Crippen molar-refractivity contribution in [2.24, 2.45) is 29.1 Å². The summed E-state index contributed by atoms with van der Waals surface area (Å²) in [6.07, 6.45) is 2.68. The molecule has 2 aliphatic carbocycles. The lowest BCUT2D eigenvalue weighted by Gasteiger charge is -2.49. The zero-order valence-corrected chi connectivity index (χ0v) is 27.9. The van der Waals surface area contributed by atoms with Crippen LogP contribution in [0.4, 0.5) is 22.7 Å². The number of amides is 4. The van der Waals surface area contributed by atoms with Crippen LogP contribution in [0.5, 0.6) is 5.75 Å². The lowest BCUT2D eigenvalue weighted by Crippen LogP contribution is -2.49. The number of nitrogens with zero attached hydrogens (tertiary/aromatic N) is 2. The molecular weight excluding hydrogens is 638 g/mol. The maximum Gasteiger partial charge on any atom is 0.241 e. The number of para-hydroxylation sites is 2. The lowest BCUT2D eigenvalue weighted by molar-refractivity contribution is -0.131. The first kappa shape index (κ1) is 31.0. The number of rotatable bonds is 5. The van der Waals surface area contributed by atoms with Gasteiger partial charge >= 0.3 is 0 Å². The Morgan fingerprint density at radius 1 is 0.647 bits per heavy atom. The van der Waals surface area contributed by atoms with Crippen molar-refractivity contribution in [3.05, 3.63) is 139 Å². The molecule has 0 aromatic heterocycles. The number of phenols is 1. The van der Waals surface area contributed by atoms with E-state index in [1.54, 1.807) is 42.5 Å². The number of allylic oxidation sites excluding steroid dienone is 2. The molecular formula is C43H35N3O5. The van der Waals surface area contributed by atoms with Crippen LogP contribution in [0.3, 0.4) is 0 Å². The smallest absolute Gasteiger partial charge is 0.241 e. The molecule has 9 rings (SSSR count). The molecule has 2 heterocycles.